The third-order valence-corrected chi connectivity index (χ3v) is 6.33. The lowest BCUT2D eigenvalue weighted by Crippen LogP contribution is -2.23. The molecule has 7 nitrogen and oxygen atoms in total. The Morgan fingerprint density at radius 2 is 1.55 bits per heavy atom. The zero-order valence-corrected chi connectivity index (χ0v) is 18.7. The summed E-state index contributed by atoms with van der Waals surface area (Å²) in [6.45, 7) is 6.22. The topological polar surface area (TPSA) is 84.9 Å². The van der Waals surface area contributed by atoms with Crippen LogP contribution >= 0.6 is 0 Å². The van der Waals surface area contributed by atoms with Crippen LogP contribution in [0.3, 0.4) is 0 Å². The molecule has 2 aromatic carbocycles. The number of hydrogen-bond acceptors (Lipinski definition) is 5. The van der Waals surface area contributed by atoms with E-state index in [2.05, 4.69) is 26.1 Å². The van der Waals surface area contributed by atoms with Crippen LogP contribution < -0.4 is 14.8 Å². The Balaban J connectivity index is 2.47. The summed E-state index contributed by atoms with van der Waals surface area (Å²) < 4.78 is 36.8. The maximum atomic E-state index is 12.9. The number of benzene rings is 2. The van der Waals surface area contributed by atoms with E-state index in [-0.39, 0.29) is 21.6 Å². The number of methoxy groups -OCH3 is 2. The Kier molecular flexibility index (Phi) is 6.60. The lowest BCUT2D eigenvalue weighted by Gasteiger charge is -2.21. The van der Waals surface area contributed by atoms with Crippen LogP contribution in [0.25, 0.3) is 0 Å². The van der Waals surface area contributed by atoms with Gasteiger partial charge in [0.05, 0.1) is 19.9 Å². The first-order chi connectivity index (χ1) is 13.4. The highest BCUT2D eigenvalue weighted by Gasteiger charge is 2.24. The Morgan fingerprint density at radius 1 is 0.966 bits per heavy atom. The summed E-state index contributed by atoms with van der Waals surface area (Å²) in [6, 6.07) is 9.90. The van der Waals surface area contributed by atoms with Crippen molar-refractivity contribution >= 4 is 21.6 Å². The first kappa shape index (κ1) is 22.7. The van der Waals surface area contributed by atoms with Crippen LogP contribution in [0, 0.1) is 0 Å². The largest absolute Gasteiger partial charge is 0.495 e. The Hall–Kier alpha value is -2.58. The van der Waals surface area contributed by atoms with E-state index in [1.165, 1.54) is 46.5 Å². The fourth-order valence-corrected chi connectivity index (χ4v) is 3.76. The number of amides is 1. The average molecular weight is 421 g/mol. The van der Waals surface area contributed by atoms with E-state index in [1.54, 1.807) is 6.07 Å². The highest BCUT2D eigenvalue weighted by molar-refractivity contribution is 7.89. The van der Waals surface area contributed by atoms with E-state index in [1.807, 2.05) is 12.1 Å². The molecule has 0 aromatic heterocycles. The fraction of sp³-hybridized carbons (Fsp3) is 0.381. The minimum atomic E-state index is -3.78. The number of rotatable bonds is 6. The molecule has 0 heterocycles. The van der Waals surface area contributed by atoms with Gasteiger partial charge in [-0.05, 0) is 41.3 Å². The van der Waals surface area contributed by atoms with Crippen molar-refractivity contribution in [3.8, 4) is 11.5 Å². The van der Waals surface area contributed by atoms with Crippen molar-refractivity contribution in [1.82, 2.24) is 4.31 Å². The molecule has 29 heavy (non-hydrogen) atoms. The fourth-order valence-electron chi connectivity index (χ4n) is 2.68. The quantitative estimate of drug-likeness (QED) is 0.773. The molecule has 1 N–H and O–H groups in total. The van der Waals surface area contributed by atoms with Crippen molar-refractivity contribution in [2.45, 2.75) is 31.1 Å². The van der Waals surface area contributed by atoms with Gasteiger partial charge < -0.3 is 14.8 Å². The molecule has 0 saturated carbocycles. The third-order valence-electron chi connectivity index (χ3n) is 4.50. The lowest BCUT2D eigenvalue weighted by atomic mass is 9.87. The molecule has 2 aromatic rings. The van der Waals surface area contributed by atoms with Crippen molar-refractivity contribution < 1.29 is 22.7 Å². The summed E-state index contributed by atoms with van der Waals surface area (Å²) in [5, 5.41) is 2.82. The SMILES string of the molecule is COc1ccc(C(C)(C)C)cc1NC(=O)c1ccc(OC)c(S(=O)(=O)N(C)C)c1. The molecule has 0 spiro atoms. The maximum absolute atomic E-state index is 12.9. The van der Waals surface area contributed by atoms with Gasteiger partial charge in [0, 0.05) is 19.7 Å². The van der Waals surface area contributed by atoms with Gasteiger partial charge in [-0.3, -0.25) is 4.79 Å². The molecule has 0 aliphatic rings. The minimum absolute atomic E-state index is 0.0759. The highest BCUT2D eigenvalue weighted by atomic mass is 32.2. The molecule has 0 fully saturated rings. The zero-order chi connectivity index (χ0) is 22.0. The molecule has 1 amide bonds. The molecule has 0 unspecified atom stereocenters. The zero-order valence-electron chi connectivity index (χ0n) is 17.9. The van der Waals surface area contributed by atoms with Crippen LogP contribution in [0.15, 0.2) is 41.3 Å². The summed E-state index contributed by atoms with van der Waals surface area (Å²) in [4.78, 5) is 12.8. The van der Waals surface area contributed by atoms with Gasteiger partial charge in [0.15, 0.2) is 0 Å². The second kappa shape index (κ2) is 8.42. The molecule has 0 bridgehead atoms. The smallest absolute Gasteiger partial charge is 0.255 e. The number of carbonyl (C=O) groups excluding carboxylic acids is 1. The number of hydrogen-bond donors (Lipinski definition) is 1. The van der Waals surface area contributed by atoms with E-state index in [4.69, 9.17) is 9.47 Å². The van der Waals surface area contributed by atoms with Gasteiger partial charge in [-0.2, -0.15) is 0 Å². The molecule has 158 valence electrons. The van der Waals surface area contributed by atoms with Crippen molar-refractivity contribution in [3.05, 3.63) is 47.5 Å². The van der Waals surface area contributed by atoms with Crippen LogP contribution in [-0.2, 0) is 15.4 Å². The van der Waals surface area contributed by atoms with E-state index in [0.717, 1.165) is 9.87 Å². The second-order valence-electron chi connectivity index (χ2n) is 7.77. The van der Waals surface area contributed by atoms with Gasteiger partial charge in [-0.25, -0.2) is 12.7 Å². The summed E-state index contributed by atoms with van der Waals surface area (Å²) >= 11 is 0. The highest BCUT2D eigenvalue weighted by Crippen LogP contribution is 2.32. The number of nitrogens with zero attached hydrogens (tertiary/aromatic N) is 1. The van der Waals surface area contributed by atoms with Crippen LogP contribution in [0.2, 0.25) is 0 Å². The number of nitrogens with one attached hydrogen (secondary N) is 1. The number of sulfonamides is 1. The molecule has 8 heteroatoms. The first-order valence-corrected chi connectivity index (χ1v) is 10.5. The van der Waals surface area contributed by atoms with E-state index >= 15 is 0 Å². The van der Waals surface area contributed by atoms with Gasteiger partial charge in [0.1, 0.15) is 16.4 Å². The van der Waals surface area contributed by atoms with Crippen molar-refractivity contribution in [2.75, 3.05) is 33.6 Å². The third kappa shape index (κ3) is 4.89. The van der Waals surface area contributed by atoms with Crippen LogP contribution in [0.4, 0.5) is 5.69 Å². The van der Waals surface area contributed by atoms with Crippen LogP contribution in [0.1, 0.15) is 36.7 Å². The molecule has 2 rings (SSSR count). The molecule has 0 radical (unpaired) electrons. The van der Waals surface area contributed by atoms with Gasteiger partial charge >= 0.3 is 0 Å². The standard InChI is InChI=1S/C21H28N2O5S/c1-21(2,3)15-9-11-17(27-6)16(13-15)22-20(24)14-8-10-18(28-7)19(12-14)29(25,26)23(4)5/h8-13H,1-7H3,(H,22,24). The van der Waals surface area contributed by atoms with Crippen molar-refractivity contribution in [1.29, 1.82) is 0 Å². The Bertz CT molecular complexity index is 1010. The number of anilines is 1. The molecule has 0 aliphatic heterocycles. The average Bonchev–Trinajstić information content (AvgIpc) is 2.66. The number of ether oxygens (including phenoxy) is 2. The van der Waals surface area contributed by atoms with Gasteiger partial charge in [-0.1, -0.05) is 26.8 Å². The van der Waals surface area contributed by atoms with Crippen molar-refractivity contribution in [3.63, 3.8) is 0 Å². The van der Waals surface area contributed by atoms with E-state index in [0.29, 0.717) is 11.4 Å². The van der Waals surface area contributed by atoms with E-state index < -0.39 is 15.9 Å². The van der Waals surface area contributed by atoms with Crippen LogP contribution in [-0.4, -0.2) is 46.9 Å². The minimum Gasteiger partial charge on any atom is -0.495 e. The van der Waals surface area contributed by atoms with Crippen LogP contribution in [0.5, 0.6) is 11.5 Å². The Labute approximate surface area is 172 Å². The molecular formula is C21H28N2O5S. The monoisotopic (exact) mass is 420 g/mol. The first-order valence-electron chi connectivity index (χ1n) is 9.02. The molecule has 0 saturated heterocycles. The van der Waals surface area contributed by atoms with Crippen molar-refractivity contribution in [2.24, 2.45) is 0 Å². The second-order valence-corrected chi connectivity index (χ2v) is 9.89. The van der Waals surface area contributed by atoms with E-state index in [9.17, 15) is 13.2 Å². The summed E-state index contributed by atoms with van der Waals surface area (Å²) in [5.41, 5.74) is 1.62. The summed E-state index contributed by atoms with van der Waals surface area (Å²) in [7, 11) is 1.96. The lowest BCUT2D eigenvalue weighted by molar-refractivity contribution is 0.102. The predicted octanol–water partition coefficient (Wildman–Crippen LogP) is 3.50. The summed E-state index contributed by atoms with van der Waals surface area (Å²) in [5.74, 6) is 0.232. The molecule has 0 aliphatic carbocycles. The Morgan fingerprint density at radius 3 is 2.07 bits per heavy atom. The normalized spacial score (nSPS) is 12.0. The molecular weight excluding hydrogens is 392 g/mol. The van der Waals surface area contributed by atoms with Gasteiger partial charge in [0.2, 0.25) is 10.0 Å². The number of carbonyl (C=O) groups is 1. The predicted molar refractivity (Wildman–Crippen MR) is 114 cm³/mol. The van der Waals surface area contributed by atoms with Gasteiger partial charge in [0.25, 0.3) is 5.91 Å². The van der Waals surface area contributed by atoms with Gasteiger partial charge in [-0.15, -0.1) is 0 Å². The summed E-state index contributed by atoms with van der Waals surface area (Å²) in [6.07, 6.45) is 0. The maximum Gasteiger partial charge on any atom is 0.255 e. The molecule has 0 atom stereocenters.